The number of nitrogens with zero attached hydrogens (tertiary/aromatic N) is 4. The fraction of sp³-hybridized carbons (Fsp3) is 0. The highest BCUT2D eigenvalue weighted by molar-refractivity contribution is 7.75. The van der Waals surface area contributed by atoms with Crippen LogP contribution in [-0.2, 0) is 8.57 Å². The van der Waals surface area contributed by atoms with E-state index in [-0.39, 0.29) is 11.4 Å². The van der Waals surface area contributed by atoms with E-state index in [1.165, 1.54) is 0 Å². The molecule has 0 fully saturated rings. The first-order chi connectivity index (χ1) is 8.76. The lowest BCUT2D eigenvalue weighted by atomic mass is 10.0. The van der Waals surface area contributed by atoms with Gasteiger partial charge in [-0.3, -0.25) is 0 Å². The minimum Gasteiger partial charge on any atom is -0.324 e. The molecule has 1 aromatic rings. The van der Waals surface area contributed by atoms with E-state index in [9.17, 15) is 0 Å². The maximum atomic E-state index is 8.87. The summed E-state index contributed by atoms with van der Waals surface area (Å²) in [4.78, 5) is 0. The smallest absolute Gasteiger partial charge is 0.188 e. The first-order valence-corrected chi connectivity index (χ1v) is 5.18. The first kappa shape index (κ1) is 13.9. The second-order valence-electron chi connectivity index (χ2n) is 2.85. The van der Waals surface area contributed by atoms with Crippen LogP contribution >= 0.6 is 25.8 Å². The van der Waals surface area contributed by atoms with Crippen molar-refractivity contribution in [3.05, 3.63) is 35.4 Å². The van der Waals surface area contributed by atoms with E-state index >= 15 is 0 Å². The van der Waals surface area contributed by atoms with Gasteiger partial charge in [0.05, 0.1) is 25.8 Å². The van der Waals surface area contributed by atoms with Gasteiger partial charge in [-0.1, -0.05) is 28.5 Å². The van der Waals surface area contributed by atoms with Gasteiger partial charge in [0, 0.05) is 11.1 Å². The molecule has 0 aliphatic rings. The molecule has 6 nitrogen and oxygen atoms in total. The van der Waals surface area contributed by atoms with Crippen LogP contribution in [0, 0.1) is 22.7 Å². The lowest BCUT2D eigenvalue weighted by Gasteiger charge is -2.00. The van der Waals surface area contributed by atoms with Crippen molar-refractivity contribution in [3.63, 3.8) is 0 Å². The van der Waals surface area contributed by atoms with Crippen molar-refractivity contribution in [1.82, 2.24) is 0 Å². The molecule has 8 heteroatoms. The van der Waals surface area contributed by atoms with Crippen LogP contribution in [0.25, 0.3) is 0 Å². The Kier molecular flexibility index (Phi) is 5.58. The third-order valence-corrected chi connectivity index (χ3v) is 2.05. The molecule has 0 unspecified atom stereocenters. The van der Waals surface area contributed by atoms with E-state index < -0.39 is 0 Å². The summed E-state index contributed by atoms with van der Waals surface area (Å²) in [5.74, 6) is 0. The molecule has 1 rings (SSSR count). The molecule has 0 aromatic heterocycles. The van der Waals surface area contributed by atoms with Gasteiger partial charge >= 0.3 is 0 Å². The SMILES string of the molecule is N#CC(=NOS)c1cccc(C(C#N)=NOS)c1. The molecule has 0 radical (unpaired) electrons. The van der Waals surface area contributed by atoms with Gasteiger partial charge in [0.25, 0.3) is 0 Å². The van der Waals surface area contributed by atoms with Gasteiger partial charge in [-0.25, -0.2) is 0 Å². The summed E-state index contributed by atoms with van der Waals surface area (Å²) in [5.41, 5.74) is 0.976. The predicted octanol–water partition coefficient (Wildman–Crippen LogP) is 1.86. The maximum Gasteiger partial charge on any atom is 0.188 e. The second kappa shape index (κ2) is 7.22. The zero-order valence-corrected chi connectivity index (χ0v) is 10.6. The largest absolute Gasteiger partial charge is 0.324 e. The summed E-state index contributed by atoms with van der Waals surface area (Å²) in [6.07, 6.45) is 0. The average Bonchev–Trinajstić information content (AvgIpc) is 2.42. The molecule has 90 valence electrons. The van der Waals surface area contributed by atoms with E-state index in [4.69, 9.17) is 10.5 Å². The molecule has 18 heavy (non-hydrogen) atoms. The Balaban J connectivity index is 3.23. The van der Waals surface area contributed by atoms with Gasteiger partial charge in [0.2, 0.25) is 0 Å². The Morgan fingerprint density at radius 3 is 1.78 bits per heavy atom. The van der Waals surface area contributed by atoms with Gasteiger partial charge < -0.3 is 8.57 Å². The van der Waals surface area contributed by atoms with E-state index in [2.05, 4.69) is 44.7 Å². The van der Waals surface area contributed by atoms with Crippen LogP contribution in [0.2, 0.25) is 0 Å². The number of rotatable bonds is 4. The Morgan fingerprint density at radius 2 is 1.44 bits per heavy atom. The number of benzene rings is 1. The van der Waals surface area contributed by atoms with Crippen molar-refractivity contribution in [1.29, 1.82) is 10.5 Å². The number of thiol groups is 2. The van der Waals surface area contributed by atoms with E-state index in [1.807, 2.05) is 12.1 Å². The molecule has 0 amide bonds. The van der Waals surface area contributed by atoms with Crippen molar-refractivity contribution >= 4 is 37.2 Å². The zero-order valence-electron chi connectivity index (χ0n) is 8.81. The molecule has 0 N–H and O–H groups in total. The Labute approximate surface area is 114 Å². The van der Waals surface area contributed by atoms with Crippen LogP contribution < -0.4 is 0 Å². The summed E-state index contributed by atoms with van der Waals surface area (Å²) in [5, 5.41) is 24.6. The zero-order chi connectivity index (χ0) is 13.4. The summed E-state index contributed by atoms with van der Waals surface area (Å²) in [7, 11) is 0. The molecule has 0 bridgehead atoms. The molecule has 0 aliphatic carbocycles. The van der Waals surface area contributed by atoms with Crippen molar-refractivity contribution < 1.29 is 8.57 Å². The van der Waals surface area contributed by atoms with Gasteiger partial charge in [-0.2, -0.15) is 10.5 Å². The lowest BCUT2D eigenvalue weighted by molar-refractivity contribution is 0.415. The minimum atomic E-state index is 0.0240. The quantitative estimate of drug-likeness (QED) is 0.380. The van der Waals surface area contributed by atoms with Crippen molar-refractivity contribution in [3.8, 4) is 12.1 Å². The second-order valence-corrected chi connectivity index (χ2v) is 3.17. The number of oxime groups is 2. The molecule has 0 saturated carbocycles. The highest BCUT2D eigenvalue weighted by Crippen LogP contribution is 2.09. The molecular formula is C10H6N4O2S2. The molecule has 0 atom stereocenters. The average molecular weight is 278 g/mol. The summed E-state index contributed by atoms with van der Waals surface area (Å²) in [6, 6.07) is 10.1. The first-order valence-electron chi connectivity index (χ1n) is 4.45. The van der Waals surface area contributed by atoms with Crippen LogP contribution in [0.4, 0.5) is 0 Å². The normalized spacial score (nSPS) is 11.3. The van der Waals surface area contributed by atoms with Gasteiger partial charge in [-0.15, -0.1) is 0 Å². The molecule has 0 heterocycles. The third kappa shape index (κ3) is 3.42. The van der Waals surface area contributed by atoms with Crippen LogP contribution in [0.15, 0.2) is 34.6 Å². The van der Waals surface area contributed by atoms with Crippen molar-refractivity contribution in [2.75, 3.05) is 0 Å². The topological polar surface area (TPSA) is 90.8 Å². The fourth-order valence-electron chi connectivity index (χ4n) is 1.17. The van der Waals surface area contributed by atoms with E-state index in [0.717, 1.165) is 0 Å². The van der Waals surface area contributed by atoms with Gasteiger partial charge in [0.15, 0.2) is 11.4 Å². The maximum absolute atomic E-state index is 8.87. The number of nitriles is 2. The monoisotopic (exact) mass is 278 g/mol. The minimum absolute atomic E-state index is 0.0240. The van der Waals surface area contributed by atoms with Crippen LogP contribution in [-0.4, -0.2) is 11.4 Å². The van der Waals surface area contributed by atoms with Crippen molar-refractivity contribution in [2.45, 2.75) is 0 Å². The summed E-state index contributed by atoms with van der Waals surface area (Å²) in [6.45, 7) is 0. The van der Waals surface area contributed by atoms with Crippen LogP contribution in [0.3, 0.4) is 0 Å². The van der Waals surface area contributed by atoms with Crippen molar-refractivity contribution in [2.24, 2.45) is 10.3 Å². The van der Waals surface area contributed by atoms with E-state index in [0.29, 0.717) is 11.1 Å². The fourth-order valence-corrected chi connectivity index (χ4v) is 1.33. The van der Waals surface area contributed by atoms with Crippen LogP contribution in [0.1, 0.15) is 11.1 Å². The third-order valence-electron chi connectivity index (χ3n) is 1.89. The van der Waals surface area contributed by atoms with E-state index in [1.54, 1.807) is 24.3 Å². The molecule has 0 spiro atoms. The van der Waals surface area contributed by atoms with Gasteiger partial charge in [0.1, 0.15) is 12.1 Å². The molecular weight excluding hydrogens is 272 g/mol. The molecule has 1 aromatic carbocycles. The highest BCUT2D eigenvalue weighted by Gasteiger charge is 2.08. The van der Waals surface area contributed by atoms with Crippen LogP contribution in [0.5, 0.6) is 0 Å². The lowest BCUT2D eigenvalue weighted by Crippen LogP contribution is -2.02. The summed E-state index contributed by atoms with van der Waals surface area (Å²) >= 11 is 6.88. The highest BCUT2D eigenvalue weighted by atomic mass is 32.1. The number of hydrogen-bond acceptors (Lipinski definition) is 8. The predicted molar refractivity (Wildman–Crippen MR) is 70.9 cm³/mol. The van der Waals surface area contributed by atoms with Gasteiger partial charge in [-0.05, 0) is 6.07 Å². The summed E-state index contributed by atoms with van der Waals surface area (Å²) < 4.78 is 8.50. The standard InChI is InChI=1S/C10H6N4O2S2/c11-5-9(13-15-17)7-2-1-3-8(4-7)10(6-12)14-16-18/h1-4,17-18H. The number of hydrogen-bond donors (Lipinski definition) is 2. The Bertz CT molecular complexity index is 525. The Hall–Kier alpha value is -2.16. The molecule has 0 aliphatic heterocycles. The Morgan fingerprint density at radius 1 is 1.00 bits per heavy atom. The molecule has 0 saturated heterocycles.